The second kappa shape index (κ2) is 9.21. The lowest BCUT2D eigenvalue weighted by atomic mass is 10.2. The molecular formula is C15H25IN6S. The molecule has 0 aliphatic heterocycles. The zero-order valence-corrected chi connectivity index (χ0v) is 17.5. The number of rotatable bonds is 5. The Labute approximate surface area is 158 Å². The zero-order valence-electron chi connectivity index (χ0n) is 14.3. The molecule has 2 heterocycles. The Morgan fingerprint density at radius 1 is 1.30 bits per heavy atom. The quantitative estimate of drug-likeness (QED) is 0.420. The summed E-state index contributed by atoms with van der Waals surface area (Å²) < 4.78 is 1.90. The first-order valence-corrected chi connectivity index (χ1v) is 8.25. The van der Waals surface area contributed by atoms with Crippen LogP contribution >= 0.6 is 35.3 Å². The summed E-state index contributed by atoms with van der Waals surface area (Å²) in [6.45, 7) is 10.4. The van der Waals surface area contributed by atoms with Gasteiger partial charge in [0.25, 0.3) is 0 Å². The minimum atomic E-state index is 0. The highest BCUT2D eigenvalue weighted by molar-refractivity contribution is 14.0. The average molecular weight is 448 g/mol. The molecule has 0 aliphatic carbocycles. The van der Waals surface area contributed by atoms with Crippen molar-refractivity contribution in [3.63, 3.8) is 0 Å². The van der Waals surface area contributed by atoms with E-state index in [0.29, 0.717) is 13.1 Å². The van der Waals surface area contributed by atoms with Crippen molar-refractivity contribution >= 4 is 41.3 Å². The number of hydrogen-bond acceptors (Lipinski definition) is 4. The molecule has 2 N–H and O–H groups in total. The van der Waals surface area contributed by atoms with E-state index in [1.165, 1.54) is 10.4 Å². The summed E-state index contributed by atoms with van der Waals surface area (Å²) in [6, 6.07) is 0. The van der Waals surface area contributed by atoms with Crippen molar-refractivity contribution in [1.82, 2.24) is 25.4 Å². The molecule has 0 radical (unpaired) electrons. The van der Waals surface area contributed by atoms with E-state index in [4.69, 9.17) is 0 Å². The Morgan fingerprint density at radius 2 is 2.04 bits per heavy atom. The Balaban J connectivity index is 0.00000264. The molecular weight excluding hydrogens is 423 g/mol. The van der Waals surface area contributed by atoms with Crippen molar-refractivity contribution in [1.29, 1.82) is 0 Å². The van der Waals surface area contributed by atoms with E-state index in [0.717, 1.165) is 28.9 Å². The Morgan fingerprint density at radius 3 is 2.57 bits per heavy atom. The molecule has 2 rings (SSSR count). The van der Waals surface area contributed by atoms with Gasteiger partial charge >= 0.3 is 0 Å². The second-order valence-electron chi connectivity index (χ2n) is 5.19. The molecule has 128 valence electrons. The molecule has 23 heavy (non-hydrogen) atoms. The first-order valence-electron chi connectivity index (χ1n) is 7.43. The normalized spacial score (nSPS) is 11.3. The number of aliphatic imine (C=N–C) groups is 1. The molecule has 0 saturated carbocycles. The van der Waals surface area contributed by atoms with Crippen LogP contribution in [0.25, 0.3) is 0 Å². The number of aromatic nitrogens is 3. The molecule has 0 spiro atoms. The smallest absolute Gasteiger partial charge is 0.191 e. The number of guanidine groups is 1. The molecule has 6 nitrogen and oxygen atoms in total. The van der Waals surface area contributed by atoms with Crippen LogP contribution in [0.5, 0.6) is 0 Å². The Bertz CT molecular complexity index is 661. The van der Waals surface area contributed by atoms with Gasteiger partial charge in [0.05, 0.1) is 18.8 Å². The van der Waals surface area contributed by atoms with E-state index >= 15 is 0 Å². The maximum Gasteiger partial charge on any atom is 0.191 e. The van der Waals surface area contributed by atoms with Gasteiger partial charge in [-0.2, -0.15) is 5.10 Å². The van der Waals surface area contributed by atoms with Gasteiger partial charge < -0.3 is 10.6 Å². The summed E-state index contributed by atoms with van der Waals surface area (Å²) in [6.07, 6.45) is 1.90. The summed E-state index contributed by atoms with van der Waals surface area (Å²) in [5, 5.41) is 12.1. The van der Waals surface area contributed by atoms with Gasteiger partial charge in [0.15, 0.2) is 5.96 Å². The molecule has 8 heteroatoms. The van der Waals surface area contributed by atoms with Crippen LogP contribution < -0.4 is 10.6 Å². The second-order valence-corrected chi connectivity index (χ2v) is 6.51. The number of thiazole rings is 1. The molecule has 0 atom stereocenters. The number of nitrogens with zero attached hydrogens (tertiary/aromatic N) is 4. The van der Waals surface area contributed by atoms with E-state index in [1.807, 2.05) is 24.9 Å². The summed E-state index contributed by atoms with van der Waals surface area (Å²) in [5.74, 6) is 0.804. The van der Waals surface area contributed by atoms with E-state index in [9.17, 15) is 0 Å². The van der Waals surface area contributed by atoms with Crippen LogP contribution in [0, 0.1) is 20.8 Å². The first-order chi connectivity index (χ1) is 10.5. The molecule has 0 fully saturated rings. The molecule has 0 amide bonds. The fraction of sp³-hybridized carbons (Fsp3) is 0.533. The predicted molar refractivity (Wildman–Crippen MR) is 107 cm³/mol. The third-order valence-corrected chi connectivity index (χ3v) is 4.39. The highest BCUT2D eigenvalue weighted by atomic mass is 127. The van der Waals surface area contributed by atoms with Gasteiger partial charge in [0, 0.05) is 35.9 Å². The van der Waals surface area contributed by atoms with Crippen LogP contribution in [-0.4, -0.2) is 27.3 Å². The third-order valence-electron chi connectivity index (χ3n) is 3.47. The average Bonchev–Trinajstić information content (AvgIpc) is 2.99. The van der Waals surface area contributed by atoms with E-state index in [2.05, 4.69) is 46.5 Å². The number of aryl methyl sites for hydroxylation is 3. The minimum Gasteiger partial charge on any atom is -0.357 e. The van der Waals surface area contributed by atoms with Gasteiger partial charge in [-0.1, -0.05) is 0 Å². The van der Waals surface area contributed by atoms with Crippen LogP contribution in [0.1, 0.15) is 33.8 Å². The first kappa shape index (κ1) is 19.9. The third kappa shape index (κ3) is 5.45. The maximum absolute atomic E-state index is 4.66. The van der Waals surface area contributed by atoms with Crippen LogP contribution in [0.15, 0.2) is 11.2 Å². The van der Waals surface area contributed by atoms with Crippen molar-refractivity contribution in [3.8, 4) is 0 Å². The van der Waals surface area contributed by atoms with E-state index in [-0.39, 0.29) is 24.0 Å². The largest absolute Gasteiger partial charge is 0.357 e. The van der Waals surface area contributed by atoms with Crippen molar-refractivity contribution in [2.75, 3.05) is 6.54 Å². The van der Waals surface area contributed by atoms with Crippen molar-refractivity contribution in [3.05, 3.63) is 33.0 Å². The molecule has 0 aromatic carbocycles. The van der Waals surface area contributed by atoms with E-state index < -0.39 is 0 Å². The summed E-state index contributed by atoms with van der Waals surface area (Å²) in [4.78, 5) is 10.2. The highest BCUT2D eigenvalue weighted by Gasteiger charge is 2.09. The van der Waals surface area contributed by atoms with Gasteiger partial charge in [-0.3, -0.25) is 4.68 Å². The lowest BCUT2D eigenvalue weighted by Gasteiger charge is -2.10. The van der Waals surface area contributed by atoms with Crippen molar-refractivity contribution in [2.24, 2.45) is 12.0 Å². The van der Waals surface area contributed by atoms with Gasteiger partial charge in [0.1, 0.15) is 5.01 Å². The number of hydrogen-bond donors (Lipinski definition) is 2. The van der Waals surface area contributed by atoms with Gasteiger partial charge in [-0.25, -0.2) is 9.98 Å². The lowest BCUT2D eigenvalue weighted by molar-refractivity contribution is 0.730. The SMILES string of the molecule is CCNC(=NCc1c(C)nn(C)c1C)NCc1ncc(C)s1.I. The molecule has 0 saturated heterocycles. The van der Waals surface area contributed by atoms with Crippen LogP contribution in [0.3, 0.4) is 0 Å². The fourth-order valence-corrected chi connectivity index (χ4v) is 2.92. The highest BCUT2D eigenvalue weighted by Crippen LogP contribution is 2.13. The molecule has 2 aromatic heterocycles. The molecule has 2 aromatic rings. The van der Waals surface area contributed by atoms with Crippen LogP contribution in [-0.2, 0) is 20.1 Å². The zero-order chi connectivity index (χ0) is 16.1. The number of nitrogens with one attached hydrogen (secondary N) is 2. The lowest BCUT2D eigenvalue weighted by Crippen LogP contribution is -2.36. The number of halogens is 1. The fourth-order valence-electron chi connectivity index (χ4n) is 2.19. The van der Waals surface area contributed by atoms with Crippen molar-refractivity contribution < 1.29 is 0 Å². The van der Waals surface area contributed by atoms with Crippen LogP contribution in [0.2, 0.25) is 0 Å². The Kier molecular flexibility index (Phi) is 7.97. The molecule has 0 bridgehead atoms. The standard InChI is InChI=1S/C15H24N6S.HI/c1-6-16-15(19-9-14-17-7-10(2)22-14)18-8-13-11(3)20-21(5)12(13)4;/h7H,6,8-9H2,1-5H3,(H2,16,18,19);1H. The van der Waals surface area contributed by atoms with Crippen molar-refractivity contribution in [2.45, 2.75) is 40.8 Å². The molecule has 0 aliphatic rings. The van der Waals surface area contributed by atoms with Gasteiger partial charge in [-0.05, 0) is 27.7 Å². The minimum absolute atomic E-state index is 0. The molecule has 0 unspecified atom stereocenters. The predicted octanol–water partition coefficient (Wildman–Crippen LogP) is 2.68. The van der Waals surface area contributed by atoms with Gasteiger partial charge in [0.2, 0.25) is 0 Å². The van der Waals surface area contributed by atoms with Gasteiger partial charge in [-0.15, -0.1) is 35.3 Å². The van der Waals surface area contributed by atoms with Crippen LogP contribution in [0.4, 0.5) is 0 Å². The van der Waals surface area contributed by atoms with E-state index in [1.54, 1.807) is 11.3 Å². The summed E-state index contributed by atoms with van der Waals surface area (Å²) in [5.41, 5.74) is 3.38. The Hall–Kier alpha value is -1.16. The maximum atomic E-state index is 4.66. The topological polar surface area (TPSA) is 67.1 Å². The summed E-state index contributed by atoms with van der Waals surface area (Å²) in [7, 11) is 1.96. The monoisotopic (exact) mass is 448 g/mol. The summed E-state index contributed by atoms with van der Waals surface area (Å²) >= 11 is 1.70.